The first-order valence-corrected chi connectivity index (χ1v) is 11.3. The fraction of sp³-hybridized carbons (Fsp3) is 0.375. The van der Waals surface area contributed by atoms with Crippen LogP contribution < -0.4 is 5.36 Å². The molecule has 0 aliphatic heterocycles. The minimum atomic E-state index is 0.310. The third kappa shape index (κ3) is 5.44. The van der Waals surface area contributed by atoms with Gasteiger partial charge in [0.25, 0.3) is 0 Å². The van der Waals surface area contributed by atoms with E-state index in [1.54, 1.807) is 11.3 Å². The van der Waals surface area contributed by atoms with E-state index in [9.17, 15) is 0 Å². The Kier molecular flexibility index (Phi) is 7.66. The minimum absolute atomic E-state index is 0.310. The third-order valence-electron chi connectivity index (χ3n) is 5.13. The molecule has 148 valence electrons. The molecule has 28 heavy (non-hydrogen) atoms. The van der Waals surface area contributed by atoms with Gasteiger partial charge in [-0.25, -0.2) is 0 Å². The Bertz CT molecular complexity index is 958. The lowest BCUT2D eigenvalue weighted by Gasteiger charge is -2.18. The molecular weight excluding hydrogens is 384 g/mol. The quantitative estimate of drug-likeness (QED) is 0.405. The fourth-order valence-corrected chi connectivity index (χ4v) is 4.65. The molecule has 3 aromatic rings. The monoisotopic (exact) mass is 412 g/mol. The molecule has 0 amide bonds. The molecule has 1 heterocycles. The Morgan fingerprint density at radius 1 is 1.04 bits per heavy atom. The molecule has 0 saturated carbocycles. The Morgan fingerprint density at radius 3 is 2.46 bits per heavy atom. The zero-order chi connectivity index (χ0) is 19.9. The predicted molar refractivity (Wildman–Crippen MR) is 124 cm³/mol. The van der Waals surface area contributed by atoms with Crippen LogP contribution in [0.25, 0.3) is 20.5 Å². The summed E-state index contributed by atoms with van der Waals surface area (Å²) in [5.41, 5.74) is 1.19. The van der Waals surface area contributed by atoms with Gasteiger partial charge in [-0.2, -0.15) is 0 Å². The average Bonchev–Trinajstić information content (AvgIpc) is 2.71. The summed E-state index contributed by atoms with van der Waals surface area (Å²) in [7, 11) is 0. The molecule has 0 aliphatic rings. The summed E-state index contributed by atoms with van der Waals surface area (Å²) < 4.78 is 1.27. The molecule has 0 N–H and O–H groups in total. The van der Waals surface area contributed by atoms with Gasteiger partial charge in [-0.1, -0.05) is 55.8 Å². The van der Waals surface area contributed by atoms with E-state index in [0.717, 1.165) is 36.4 Å². The summed E-state index contributed by atoms with van der Waals surface area (Å²) in [6.07, 6.45) is 2.29. The maximum Gasteiger partial charge on any atom is 0.0678 e. The SMILES string of the molecule is CCN(CC)CCCC(C)N=c1cc(-c2ccc(Cl)cc2)sc2ccccc12. The first-order valence-electron chi connectivity index (χ1n) is 10.2. The average molecular weight is 413 g/mol. The molecule has 1 unspecified atom stereocenters. The van der Waals surface area contributed by atoms with Gasteiger partial charge in [0.05, 0.1) is 5.36 Å². The largest absolute Gasteiger partial charge is 0.304 e. The van der Waals surface area contributed by atoms with Crippen molar-refractivity contribution in [2.45, 2.75) is 39.7 Å². The number of nitrogens with zero attached hydrogens (tertiary/aromatic N) is 2. The number of hydrogen-bond donors (Lipinski definition) is 0. The van der Waals surface area contributed by atoms with E-state index in [1.165, 1.54) is 26.9 Å². The fourth-order valence-electron chi connectivity index (χ4n) is 3.43. The van der Waals surface area contributed by atoms with Crippen LogP contribution in [0, 0.1) is 0 Å². The van der Waals surface area contributed by atoms with E-state index in [4.69, 9.17) is 16.6 Å². The lowest BCUT2D eigenvalue weighted by Crippen LogP contribution is -2.24. The van der Waals surface area contributed by atoms with Crippen molar-refractivity contribution in [3.05, 3.63) is 65.0 Å². The summed E-state index contributed by atoms with van der Waals surface area (Å²) in [6, 6.07) is 19.2. The van der Waals surface area contributed by atoms with Crippen molar-refractivity contribution in [3.8, 4) is 10.4 Å². The second-order valence-electron chi connectivity index (χ2n) is 7.15. The predicted octanol–water partition coefficient (Wildman–Crippen LogP) is 6.63. The Hall–Kier alpha value is -1.68. The van der Waals surface area contributed by atoms with Gasteiger partial charge in [0.1, 0.15) is 0 Å². The minimum Gasteiger partial charge on any atom is -0.304 e. The van der Waals surface area contributed by atoms with Crippen LogP contribution in [-0.4, -0.2) is 30.6 Å². The molecule has 0 spiro atoms. The summed E-state index contributed by atoms with van der Waals surface area (Å²) in [5, 5.41) is 3.09. The summed E-state index contributed by atoms with van der Waals surface area (Å²) in [5.74, 6) is 0. The Morgan fingerprint density at radius 2 is 1.75 bits per heavy atom. The second-order valence-corrected chi connectivity index (χ2v) is 8.67. The molecule has 0 radical (unpaired) electrons. The van der Waals surface area contributed by atoms with E-state index in [2.05, 4.69) is 68.1 Å². The highest BCUT2D eigenvalue weighted by Crippen LogP contribution is 2.28. The van der Waals surface area contributed by atoms with Gasteiger partial charge in [-0.05, 0) is 69.2 Å². The second kappa shape index (κ2) is 10.2. The van der Waals surface area contributed by atoms with Gasteiger partial charge in [-0.15, -0.1) is 11.3 Å². The van der Waals surface area contributed by atoms with E-state index < -0.39 is 0 Å². The van der Waals surface area contributed by atoms with Gasteiger partial charge in [0.2, 0.25) is 0 Å². The zero-order valence-electron chi connectivity index (χ0n) is 17.0. The van der Waals surface area contributed by atoms with E-state index in [0.29, 0.717) is 6.04 Å². The van der Waals surface area contributed by atoms with Crippen molar-refractivity contribution in [3.63, 3.8) is 0 Å². The molecule has 0 bridgehead atoms. The van der Waals surface area contributed by atoms with Gasteiger partial charge in [0, 0.05) is 26.0 Å². The number of benzene rings is 2. The maximum atomic E-state index is 6.07. The van der Waals surface area contributed by atoms with Crippen molar-refractivity contribution in [1.29, 1.82) is 0 Å². The van der Waals surface area contributed by atoms with Crippen LogP contribution in [0.1, 0.15) is 33.6 Å². The molecule has 0 aliphatic carbocycles. The van der Waals surface area contributed by atoms with Gasteiger partial charge in [0.15, 0.2) is 0 Å². The van der Waals surface area contributed by atoms with Crippen molar-refractivity contribution in [2.75, 3.05) is 19.6 Å². The van der Waals surface area contributed by atoms with Crippen molar-refractivity contribution >= 4 is 33.0 Å². The Balaban J connectivity index is 1.90. The first-order chi connectivity index (χ1) is 13.6. The standard InChI is InChI=1S/C24H29ClN2S/c1-4-27(5-2)16-8-9-18(3)26-22-17-24(19-12-14-20(25)15-13-19)28-23-11-7-6-10-21(22)23/h6-7,10-15,17-18H,4-5,8-9,16H2,1-3H3. The molecule has 1 aromatic heterocycles. The maximum absolute atomic E-state index is 6.07. The number of rotatable bonds is 8. The summed E-state index contributed by atoms with van der Waals surface area (Å²) in [4.78, 5) is 8.80. The Labute approximate surface area is 177 Å². The van der Waals surface area contributed by atoms with Gasteiger partial charge < -0.3 is 4.90 Å². The molecule has 0 fully saturated rings. The van der Waals surface area contributed by atoms with Crippen molar-refractivity contribution in [1.82, 2.24) is 4.90 Å². The lowest BCUT2D eigenvalue weighted by molar-refractivity contribution is 0.294. The summed E-state index contributed by atoms with van der Waals surface area (Å²) >= 11 is 7.87. The molecule has 2 aromatic carbocycles. The number of hydrogen-bond acceptors (Lipinski definition) is 3. The van der Waals surface area contributed by atoms with Crippen LogP contribution in [0.3, 0.4) is 0 Å². The van der Waals surface area contributed by atoms with Crippen LogP contribution in [-0.2, 0) is 0 Å². The molecule has 4 heteroatoms. The molecular formula is C24H29ClN2S. The molecule has 0 saturated heterocycles. The highest BCUT2D eigenvalue weighted by Gasteiger charge is 2.07. The van der Waals surface area contributed by atoms with E-state index in [1.807, 2.05) is 12.1 Å². The van der Waals surface area contributed by atoms with Crippen LogP contribution in [0.4, 0.5) is 0 Å². The topological polar surface area (TPSA) is 15.6 Å². The molecule has 3 rings (SSSR count). The van der Waals surface area contributed by atoms with E-state index >= 15 is 0 Å². The smallest absolute Gasteiger partial charge is 0.0678 e. The van der Waals surface area contributed by atoms with Gasteiger partial charge in [-0.3, -0.25) is 4.99 Å². The molecule has 1 atom stereocenters. The highest BCUT2D eigenvalue weighted by molar-refractivity contribution is 7.21. The van der Waals surface area contributed by atoms with Crippen LogP contribution >= 0.6 is 22.9 Å². The van der Waals surface area contributed by atoms with E-state index in [-0.39, 0.29) is 0 Å². The molecule has 2 nitrogen and oxygen atoms in total. The summed E-state index contributed by atoms with van der Waals surface area (Å²) in [6.45, 7) is 10.1. The van der Waals surface area contributed by atoms with Crippen LogP contribution in [0.5, 0.6) is 0 Å². The third-order valence-corrected chi connectivity index (χ3v) is 6.53. The lowest BCUT2D eigenvalue weighted by atomic mass is 10.1. The van der Waals surface area contributed by atoms with Crippen LogP contribution in [0.15, 0.2) is 59.6 Å². The normalized spacial score (nSPS) is 13.4. The van der Waals surface area contributed by atoms with Gasteiger partial charge >= 0.3 is 0 Å². The number of halogens is 1. The first kappa shape index (κ1) is 21.0. The van der Waals surface area contributed by atoms with Crippen molar-refractivity contribution < 1.29 is 0 Å². The van der Waals surface area contributed by atoms with Crippen LogP contribution in [0.2, 0.25) is 5.02 Å². The zero-order valence-corrected chi connectivity index (χ0v) is 18.6. The van der Waals surface area contributed by atoms with Crippen molar-refractivity contribution in [2.24, 2.45) is 4.99 Å². The number of fused-ring (bicyclic) bond motifs is 1. The highest BCUT2D eigenvalue weighted by atomic mass is 35.5.